The predicted molar refractivity (Wildman–Crippen MR) is 195 cm³/mol. The summed E-state index contributed by atoms with van der Waals surface area (Å²) >= 11 is 0. The number of aliphatic hydroxyl groups excluding tert-OH is 2. The molecule has 0 aliphatic rings. The van der Waals surface area contributed by atoms with E-state index in [9.17, 15) is 28.0 Å². The molecule has 3 atom stereocenters. The van der Waals surface area contributed by atoms with Crippen molar-refractivity contribution in [2.24, 2.45) is 0 Å². The molecule has 0 bridgehead atoms. The van der Waals surface area contributed by atoms with E-state index in [2.05, 4.69) is 31.3 Å². The van der Waals surface area contributed by atoms with Gasteiger partial charge in [0.05, 0.1) is 17.9 Å². The van der Waals surface area contributed by atoms with Crippen LogP contribution in [0.3, 0.4) is 0 Å². The number of aliphatic hydroxyl groups is 2. The summed E-state index contributed by atoms with van der Waals surface area (Å²) in [6.45, 7) is 4.38. The maximum atomic E-state index is 12.5. The van der Waals surface area contributed by atoms with Gasteiger partial charge in [-0.25, -0.2) is 0 Å². The molecule has 0 heterocycles. The molecule has 3 unspecified atom stereocenters. The Morgan fingerprint density at radius 3 is 1.39 bits per heavy atom. The van der Waals surface area contributed by atoms with Crippen molar-refractivity contribution < 1.29 is 28.0 Å². The Morgan fingerprint density at radius 2 is 0.978 bits per heavy atom. The summed E-state index contributed by atoms with van der Waals surface area (Å²) in [6.07, 6.45) is 37.1. The second-order valence-corrected chi connectivity index (χ2v) is 14.8. The molecule has 272 valence electrons. The van der Waals surface area contributed by atoms with Gasteiger partial charge in [-0.3, -0.25) is 9.35 Å². The Labute approximate surface area is 284 Å². The standard InChI is InChI=1S/C38H73NO6S/c1-3-5-7-9-11-12-13-14-15-16-17-18-19-20-21-22-23-24-25-27-29-31-33-37(41)38(42)39-35(34-46(43,44)45)36(40)32-30-28-26-10-8-6-4-2/h8,10,30,32,35-37,40-41H,3-7,9,11-29,31,33-34H2,1-2H3,(H,39,42)(H,43,44,45)/b10-8+,32-30+. The lowest BCUT2D eigenvalue weighted by Crippen LogP contribution is -2.50. The highest BCUT2D eigenvalue weighted by Crippen LogP contribution is 2.16. The quantitative estimate of drug-likeness (QED) is 0.0307. The molecule has 8 heteroatoms. The summed E-state index contributed by atoms with van der Waals surface area (Å²) in [6, 6.07) is -1.24. The van der Waals surface area contributed by atoms with Gasteiger partial charge >= 0.3 is 0 Å². The van der Waals surface area contributed by atoms with E-state index in [1.165, 1.54) is 122 Å². The van der Waals surface area contributed by atoms with Crippen LogP contribution in [0.1, 0.15) is 187 Å². The summed E-state index contributed by atoms with van der Waals surface area (Å²) in [5.74, 6) is -1.56. The number of rotatable bonds is 34. The average Bonchev–Trinajstić information content (AvgIpc) is 3.01. The van der Waals surface area contributed by atoms with Crippen molar-refractivity contribution in [1.82, 2.24) is 5.32 Å². The van der Waals surface area contributed by atoms with E-state index in [0.29, 0.717) is 12.8 Å². The topological polar surface area (TPSA) is 124 Å². The van der Waals surface area contributed by atoms with E-state index in [1.54, 1.807) is 6.08 Å². The molecular formula is C38H73NO6S. The van der Waals surface area contributed by atoms with Gasteiger partial charge in [0.15, 0.2) is 0 Å². The Kier molecular flexibility index (Phi) is 31.5. The van der Waals surface area contributed by atoms with Crippen LogP contribution >= 0.6 is 0 Å². The van der Waals surface area contributed by atoms with Gasteiger partial charge in [0.2, 0.25) is 5.91 Å². The lowest BCUT2D eigenvalue weighted by Gasteiger charge is -2.22. The molecule has 0 aromatic carbocycles. The van der Waals surface area contributed by atoms with Crippen molar-refractivity contribution in [2.75, 3.05) is 5.75 Å². The van der Waals surface area contributed by atoms with Gasteiger partial charge in [-0.2, -0.15) is 8.42 Å². The first kappa shape index (κ1) is 44.8. The molecule has 46 heavy (non-hydrogen) atoms. The number of hydrogen-bond donors (Lipinski definition) is 4. The van der Waals surface area contributed by atoms with Crippen molar-refractivity contribution in [3.05, 3.63) is 24.3 Å². The van der Waals surface area contributed by atoms with Gasteiger partial charge in [-0.1, -0.05) is 186 Å². The molecule has 7 nitrogen and oxygen atoms in total. The maximum absolute atomic E-state index is 12.5. The lowest BCUT2D eigenvalue weighted by atomic mass is 10.0. The first-order chi connectivity index (χ1) is 22.2. The van der Waals surface area contributed by atoms with Crippen LogP contribution in [0.2, 0.25) is 0 Å². The van der Waals surface area contributed by atoms with E-state index in [0.717, 1.165) is 38.5 Å². The zero-order valence-electron chi connectivity index (χ0n) is 29.8. The van der Waals surface area contributed by atoms with Crippen molar-refractivity contribution in [3.63, 3.8) is 0 Å². The average molecular weight is 672 g/mol. The maximum Gasteiger partial charge on any atom is 0.267 e. The highest BCUT2D eigenvalue weighted by Gasteiger charge is 2.27. The number of carbonyl (C=O) groups is 1. The Bertz CT molecular complexity index is 844. The van der Waals surface area contributed by atoms with Crippen LogP contribution in [-0.4, -0.2) is 53.1 Å². The van der Waals surface area contributed by atoms with Gasteiger partial charge in [-0.05, 0) is 25.7 Å². The molecule has 0 saturated carbocycles. The SMILES string of the molecule is CCC/C=C/CC/C=C/C(O)C(CS(=O)(=O)O)NC(=O)C(O)CCCCCCCCCCCCCCCCCCCCCCCC. The molecule has 0 aliphatic heterocycles. The molecule has 0 fully saturated rings. The third-order valence-corrected chi connectivity index (χ3v) is 9.50. The molecule has 0 spiro atoms. The van der Waals surface area contributed by atoms with Crippen molar-refractivity contribution in [2.45, 2.75) is 205 Å². The Balaban J connectivity index is 3.84. The van der Waals surface area contributed by atoms with E-state index in [1.807, 2.05) is 0 Å². The molecular weight excluding hydrogens is 598 g/mol. The lowest BCUT2D eigenvalue weighted by molar-refractivity contribution is -0.130. The van der Waals surface area contributed by atoms with Crippen LogP contribution < -0.4 is 5.32 Å². The van der Waals surface area contributed by atoms with E-state index in [4.69, 9.17) is 0 Å². The summed E-state index contributed by atoms with van der Waals surface area (Å²) in [7, 11) is -4.44. The molecule has 0 aromatic heterocycles. The minimum atomic E-state index is -4.44. The van der Waals surface area contributed by atoms with Crippen LogP contribution in [0.4, 0.5) is 0 Å². The zero-order valence-corrected chi connectivity index (χ0v) is 30.6. The van der Waals surface area contributed by atoms with E-state index in [-0.39, 0.29) is 6.42 Å². The van der Waals surface area contributed by atoms with E-state index < -0.39 is 40.0 Å². The van der Waals surface area contributed by atoms with Gasteiger partial charge in [0.1, 0.15) is 6.10 Å². The van der Waals surface area contributed by atoms with Crippen LogP contribution in [0.15, 0.2) is 24.3 Å². The highest BCUT2D eigenvalue weighted by molar-refractivity contribution is 7.85. The summed E-state index contributed by atoms with van der Waals surface area (Å²) in [4.78, 5) is 12.5. The largest absolute Gasteiger partial charge is 0.387 e. The number of hydrogen-bond acceptors (Lipinski definition) is 5. The van der Waals surface area contributed by atoms with Gasteiger partial charge < -0.3 is 15.5 Å². The second-order valence-electron chi connectivity index (χ2n) is 13.3. The summed E-state index contributed by atoms with van der Waals surface area (Å²) < 4.78 is 32.2. The van der Waals surface area contributed by atoms with E-state index >= 15 is 0 Å². The fourth-order valence-corrected chi connectivity index (χ4v) is 6.51. The predicted octanol–water partition coefficient (Wildman–Crippen LogP) is 9.77. The zero-order chi connectivity index (χ0) is 34.1. The molecule has 1 amide bonds. The van der Waals surface area contributed by atoms with Gasteiger partial charge in [0, 0.05) is 0 Å². The Hall–Kier alpha value is -1.22. The van der Waals surface area contributed by atoms with Crippen molar-refractivity contribution in [1.29, 1.82) is 0 Å². The summed E-state index contributed by atoms with van der Waals surface area (Å²) in [5, 5.41) is 23.1. The molecule has 4 N–H and O–H groups in total. The number of allylic oxidation sites excluding steroid dienone is 3. The third kappa shape index (κ3) is 31.4. The second kappa shape index (κ2) is 32.3. The highest BCUT2D eigenvalue weighted by atomic mass is 32.2. The Morgan fingerprint density at radius 1 is 0.587 bits per heavy atom. The number of amides is 1. The first-order valence-electron chi connectivity index (χ1n) is 19.1. The van der Waals surface area contributed by atoms with Gasteiger partial charge in [0.25, 0.3) is 10.1 Å². The molecule has 0 rings (SSSR count). The number of nitrogens with one attached hydrogen (secondary N) is 1. The fourth-order valence-electron chi connectivity index (χ4n) is 5.77. The molecule has 0 radical (unpaired) electrons. The molecule has 0 aromatic rings. The van der Waals surface area contributed by atoms with Crippen LogP contribution in [0.5, 0.6) is 0 Å². The van der Waals surface area contributed by atoms with Crippen LogP contribution in [0.25, 0.3) is 0 Å². The van der Waals surface area contributed by atoms with Crippen molar-refractivity contribution in [3.8, 4) is 0 Å². The normalized spacial score (nSPS) is 14.3. The van der Waals surface area contributed by atoms with Crippen LogP contribution in [-0.2, 0) is 14.9 Å². The number of carbonyl (C=O) groups excluding carboxylic acids is 1. The number of unbranched alkanes of at least 4 members (excludes halogenated alkanes) is 23. The first-order valence-corrected chi connectivity index (χ1v) is 20.8. The minimum Gasteiger partial charge on any atom is -0.387 e. The molecule has 0 aliphatic carbocycles. The minimum absolute atomic E-state index is 0.277. The smallest absolute Gasteiger partial charge is 0.267 e. The monoisotopic (exact) mass is 672 g/mol. The van der Waals surface area contributed by atoms with Gasteiger partial charge in [-0.15, -0.1) is 0 Å². The summed E-state index contributed by atoms with van der Waals surface area (Å²) in [5.41, 5.74) is 0. The third-order valence-electron chi connectivity index (χ3n) is 8.72. The van der Waals surface area contributed by atoms with Crippen LogP contribution in [0, 0.1) is 0 Å². The van der Waals surface area contributed by atoms with Crippen molar-refractivity contribution >= 4 is 16.0 Å². The fraction of sp³-hybridized carbons (Fsp3) is 0.868. The molecule has 0 saturated heterocycles.